The van der Waals surface area contributed by atoms with Crippen molar-refractivity contribution in [3.63, 3.8) is 0 Å². The summed E-state index contributed by atoms with van der Waals surface area (Å²) in [7, 11) is 1.48. The number of aromatic amines is 1. The largest absolute Gasteiger partial charge is 0.451 e. The van der Waals surface area contributed by atoms with Gasteiger partial charge >= 0.3 is 6.18 Å². The van der Waals surface area contributed by atoms with E-state index >= 15 is 0 Å². The maximum Gasteiger partial charge on any atom is 0.451 e. The van der Waals surface area contributed by atoms with Crippen LogP contribution in [0.15, 0.2) is 54.7 Å². The summed E-state index contributed by atoms with van der Waals surface area (Å²) in [5, 5.41) is 24.2. The number of hydrogen-bond donors (Lipinski definition) is 5. The average molecular weight is 533 g/mol. The van der Waals surface area contributed by atoms with Crippen LogP contribution in [0.3, 0.4) is 0 Å². The minimum absolute atomic E-state index is 0.0614. The minimum Gasteiger partial charge on any atom is -0.394 e. The van der Waals surface area contributed by atoms with Gasteiger partial charge < -0.3 is 21.1 Å². The summed E-state index contributed by atoms with van der Waals surface area (Å²) < 4.78 is 39.3. The molecule has 37 heavy (non-hydrogen) atoms. The highest BCUT2D eigenvalue weighted by Gasteiger charge is 2.35. The number of nitrogens with one attached hydrogen (secondary N) is 4. The summed E-state index contributed by atoms with van der Waals surface area (Å²) in [6.45, 7) is -0.339. The number of carbonyl (C=O) groups excluding carboxylic acids is 1. The molecule has 192 valence electrons. The summed E-state index contributed by atoms with van der Waals surface area (Å²) in [5.74, 6) is -1.79. The summed E-state index contributed by atoms with van der Waals surface area (Å²) in [5.41, 5.74) is 1.51. The smallest absolute Gasteiger partial charge is 0.394 e. The molecule has 4 aromatic rings. The zero-order valence-electron chi connectivity index (χ0n) is 19.1. The lowest BCUT2D eigenvalue weighted by Gasteiger charge is -2.19. The SMILES string of the molecule is CNC(=O)c1ccc(Nc2ncc(-c3n[nH]c(C(F)(F)F)n3)c(N[C@H](CO)c3ccccc3)n2)cc1Cl. The normalized spacial score (nSPS) is 12.2. The van der Waals surface area contributed by atoms with Gasteiger partial charge in [0, 0.05) is 18.9 Å². The van der Waals surface area contributed by atoms with Gasteiger partial charge in [-0.1, -0.05) is 41.9 Å². The number of hydrogen-bond acceptors (Lipinski definition) is 8. The van der Waals surface area contributed by atoms with E-state index in [1.165, 1.54) is 25.4 Å². The molecule has 14 heteroatoms. The lowest BCUT2D eigenvalue weighted by atomic mass is 10.1. The van der Waals surface area contributed by atoms with E-state index in [0.717, 1.165) is 0 Å². The van der Waals surface area contributed by atoms with E-state index in [9.17, 15) is 23.1 Å². The minimum atomic E-state index is -4.72. The second-order valence-corrected chi connectivity index (χ2v) is 8.06. The van der Waals surface area contributed by atoms with Crippen molar-refractivity contribution in [2.45, 2.75) is 12.2 Å². The maximum absolute atomic E-state index is 13.1. The van der Waals surface area contributed by atoms with Gasteiger partial charge in [-0.25, -0.2) is 9.97 Å². The molecule has 1 amide bonds. The van der Waals surface area contributed by atoms with Crippen LogP contribution in [0.5, 0.6) is 0 Å². The summed E-state index contributed by atoms with van der Waals surface area (Å²) in [6.07, 6.45) is -3.47. The van der Waals surface area contributed by atoms with Gasteiger partial charge in [0.15, 0.2) is 5.82 Å². The zero-order chi connectivity index (χ0) is 26.6. The highest BCUT2D eigenvalue weighted by atomic mass is 35.5. The van der Waals surface area contributed by atoms with Gasteiger partial charge in [-0.3, -0.25) is 9.89 Å². The van der Waals surface area contributed by atoms with Crippen LogP contribution in [0.4, 0.5) is 30.6 Å². The number of anilines is 3. The van der Waals surface area contributed by atoms with Gasteiger partial charge in [-0.05, 0) is 23.8 Å². The van der Waals surface area contributed by atoms with Gasteiger partial charge in [-0.2, -0.15) is 23.3 Å². The van der Waals surface area contributed by atoms with E-state index in [4.69, 9.17) is 11.6 Å². The van der Waals surface area contributed by atoms with Crippen molar-refractivity contribution in [3.05, 3.63) is 76.7 Å². The molecule has 0 spiro atoms. The van der Waals surface area contributed by atoms with E-state index in [1.807, 2.05) is 11.2 Å². The van der Waals surface area contributed by atoms with Crippen LogP contribution in [0.25, 0.3) is 11.4 Å². The first-order chi connectivity index (χ1) is 17.7. The predicted octanol–water partition coefficient (Wildman–Crippen LogP) is 4.18. The Bertz CT molecular complexity index is 1400. The Morgan fingerprint density at radius 2 is 1.92 bits per heavy atom. The first-order valence-corrected chi connectivity index (χ1v) is 11.2. The molecule has 0 saturated heterocycles. The Morgan fingerprint density at radius 3 is 2.54 bits per heavy atom. The van der Waals surface area contributed by atoms with E-state index in [0.29, 0.717) is 11.3 Å². The first-order valence-electron chi connectivity index (χ1n) is 10.8. The molecular weight excluding hydrogens is 513 g/mol. The van der Waals surface area contributed by atoms with Gasteiger partial charge in [0.2, 0.25) is 11.8 Å². The van der Waals surface area contributed by atoms with E-state index in [2.05, 4.69) is 36.0 Å². The number of benzene rings is 2. The van der Waals surface area contributed by atoms with Crippen molar-refractivity contribution in [2.24, 2.45) is 0 Å². The number of rotatable bonds is 8. The molecule has 0 radical (unpaired) electrons. The average Bonchev–Trinajstić information content (AvgIpc) is 3.38. The highest BCUT2D eigenvalue weighted by molar-refractivity contribution is 6.34. The molecule has 1 atom stereocenters. The second-order valence-electron chi connectivity index (χ2n) is 7.65. The van der Waals surface area contributed by atoms with Crippen molar-refractivity contribution in [1.82, 2.24) is 30.5 Å². The van der Waals surface area contributed by atoms with Gasteiger partial charge in [0.25, 0.3) is 5.91 Å². The van der Waals surface area contributed by atoms with Crippen molar-refractivity contribution in [3.8, 4) is 11.4 Å². The molecule has 0 aliphatic carbocycles. The third-order valence-corrected chi connectivity index (χ3v) is 5.49. The molecule has 0 bridgehead atoms. The van der Waals surface area contributed by atoms with E-state index < -0.39 is 18.0 Å². The second kappa shape index (κ2) is 10.8. The fourth-order valence-corrected chi connectivity index (χ4v) is 3.62. The number of amides is 1. The molecule has 2 aromatic carbocycles. The number of nitrogens with zero attached hydrogens (tertiary/aromatic N) is 4. The third-order valence-electron chi connectivity index (χ3n) is 5.18. The number of H-pyrrole nitrogens is 1. The number of aromatic nitrogens is 5. The number of halogens is 4. The maximum atomic E-state index is 13.1. The van der Waals surface area contributed by atoms with Crippen LogP contribution in [0, 0.1) is 0 Å². The fraction of sp³-hybridized carbons (Fsp3) is 0.174. The molecule has 0 aliphatic rings. The first kappa shape index (κ1) is 25.9. The fourth-order valence-electron chi connectivity index (χ4n) is 3.35. The summed E-state index contributed by atoms with van der Waals surface area (Å²) in [6, 6.07) is 12.9. The van der Waals surface area contributed by atoms with Crippen molar-refractivity contribution in [2.75, 3.05) is 24.3 Å². The molecule has 0 unspecified atom stereocenters. The highest BCUT2D eigenvalue weighted by Crippen LogP contribution is 2.32. The quantitative estimate of drug-likeness (QED) is 0.227. The zero-order valence-corrected chi connectivity index (χ0v) is 19.9. The van der Waals surface area contributed by atoms with Gasteiger partial charge in [0.05, 0.1) is 28.8 Å². The Kier molecular flexibility index (Phi) is 7.55. The summed E-state index contributed by atoms with van der Waals surface area (Å²) in [4.78, 5) is 24.0. The molecule has 0 fully saturated rings. The standard InChI is InChI=1S/C23H20ClF3N8O2/c1-28-20(37)14-8-7-13(9-16(14)24)30-22-29-10-15(19-32-21(35-34-19)23(25,26)27)18(33-22)31-17(11-36)12-5-3-2-4-6-12/h2-10,17,36H,11H2,1H3,(H,28,37)(H,32,34,35)(H2,29,30,31,33)/t17-/m1/s1. The van der Waals surface area contributed by atoms with Crippen LogP contribution in [-0.2, 0) is 6.18 Å². The topological polar surface area (TPSA) is 141 Å². The number of aliphatic hydroxyl groups excluding tert-OH is 1. The Balaban J connectivity index is 1.70. The number of alkyl halides is 3. The lowest BCUT2D eigenvalue weighted by Crippen LogP contribution is -2.18. The summed E-state index contributed by atoms with van der Waals surface area (Å²) >= 11 is 6.21. The Morgan fingerprint density at radius 1 is 1.16 bits per heavy atom. The molecule has 0 aliphatic heterocycles. The van der Waals surface area contributed by atoms with Crippen LogP contribution >= 0.6 is 11.6 Å². The van der Waals surface area contributed by atoms with Crippen LogP contribution in [0.1, 0.15) is 27.8 Å². The molecule has 10 nitrogen and oxygen atoms in total. The molecule has 2 aromatic heterocycles. The molecular formula is C23H20ClF3N8O2. The molecule has 4 rings (SSSR count). The van der Waals surface area contributed by atoms with Crippen LogP contribution in [0.2, 0.25) is 5.02 Å². The van der Waals surface area contributed by atoms with Crippen molar-refractivity contribution in [1.29, 1.82) is 0 Å². The Hall–Kier alpha value is -4.23. The van der Waals surface area contributed by atoms with Gasteiger partial charge in [0.1, 0.15) is 5.82 Å². The molecule has 0 saturated carbocycles. The number of aliphatic hydroxyl groups is 1. The molecule has 5 N–H and O–H groups in total. The molecule has 2 heterocycles. The van der Waals surface area contributed by atoms with Crippen molar-refractivity contribution >= 4 is 35.0 Å². The van der Waals surface area contributed by atoms with E-state index in [1.54, 1.807) is 30.3 Å². The van der Waals surface area contributed by atoms with Crippen LogP contribution < -0.4 is 16.0 Å². The van der Waals surface area contributed by atoms with Crippen molar-refractivity contribution < 1.29 is 23.1 Å². The predicted molar refractivity (Wildman–Crippen MR) is 130 cm³/mol. The van der Waals surface area contributed by atoms with Crippen LogP contribution in [-0.4, -0.2) is 49.8 Å². The van der Waals surface area contributed by atoms with E-state index in [-0.39, 0.29) is 46.3 Å². The Labute approximate surface area is 213 Å². The third kappa shape index (κ3) is 5.95. The monoisotopic (exact) mass is 532 g/mol. The lowest BCUT2D eigenvalue weighted by molar-refractivity contribution is -0.144. The number of carbonyl (C=O) groups is 1. The van der Waals surface area contributed by atoms with Gasteiger partial charge in [-0.15, -0.1) is 0 Å².